The summed E-state index contributed by atoms with van der Waals surface area (Å²) >= 11 is 0. The largest absolute Gasteiger partial charge is 0.421 e. The van der Waals surface area contributed by atoms with Gasteiger partial charge in [0, 0.05) is 25.9 Å². The lowest BCUT2D eigenvalue weighted by molar-refractivity contribution is -0.116. The Morgan fingerprint density at radius 2 is 1.71 bits per heavy atom. The summed E-state index contributed by atoms with van der Waals surface area (Å²) in [5.41, 5.74) is 0. The molecule has 2 aliphatic rings. The maximum absolute atomic E-state index is 6.03. The summed E-state index contributed by atoms with van der Waals surface area (Å²) in [6, 6.07) is 1.27. The Labute approximate surface area is 132 Å². The molecule has 2 fully saturated rings. The zero-order chi connectivity index (χ0) is 14.9. The van der Waals surface area contributed by atoms with Crippen molar-refractivity contribution in [1.82, 2.24) is 4.90 Å². The third kappa shape index (κ3) is 5.64. The Morgan fingerprint density at radius 1 is 1.10 bits per heavy atom. The van der Waals surface area contributed by atoms with Crippen LogP contribution in [0, 0.1) is 0 Å². The van der Waals surface area contributed by atoms with Gasteiger partial charge in [0.1, 0.15) is 12.5 Å². The Morgan fingerprint density at radius 3 is 2.19 bits per heavy atom. The van der Waals surface area contributed by atoms with E-state index in [2.05, 4.69) is 18.7 Å². The monoisotopic (exact) mass is 315 g/mol. The predicted octanol–water partition coefficient (Wildman–Crippen LogP) is 2.66. The van der Waals surface area contributed by atoms with Crippen LogP contribution in [0.3, 0.4) is 0 Å². The van der Waals surface area contributed by atoms with Crippen LogP contribution in [-0.2, 0) is 13.9 Å². The van der Waals surface area contributed by atoms with E-state index in [1.165, 1.54) is 38.1 Å². The molecule has 0 aliphatic carbocycles. The second-order valence-corrected chi connectivity index (χ2v) is 7.64. The van der Waals surface area contributed by atoms with Gasteiger partial charge in [-0.2, -0.15) is 0 Å². The van der Waals surface area contributed by atoms with Gasteiger partial charge in [-0.1, -0.05) is 13.8 Å². The Hall–Kier alpha value is 0.0569. The van der Waals surface area contributed by atoms with Crippen molar-refractivity contribution >= 4 is 9.76 Å². The van der Waals surface area contributed by atoms with E-state index in [0.29, 0.717) is 18.6 Å². The van der Waals surface area contributed by atoms with E-state index < -0.39 is 0 Å². The lowest BCUT2D eigenvalue weighted by Crippen LogP contribution is -2.43. The highest BCUT2D eigenvalue weighted by Crippen LogP contribution is 2.25. The normalized spacial score (nSPS) is 26.9. The molecule has 2 rings (SSSR count). The molecule has 0 amide bonds. The molecule has 0 aromatic rings. The van der Waals surface area contributed by atoms with Crippen molar-refractivity contribution < 1.29 is 13.9 Å². The minimum atomic E-state index is -0.352. The molecular formula is C16H33NO3Si. The summed E-state index contributed by atoms with van der Waals surface area (Å²) < 4.78 is 17.8. The lowest BCUT2D eigenvalue weighted by Gasteiger charge is -2.32. The molecule has 2 heterocycles. The van der Waals surface area contributed by atoms with Crippen LogP contribution in [0.1, 0.15) is 58.8 Å². The topological polar surface area (TPSA) is 30.9 Å². The highest BCUT2D eigenvalue weighted by atomic mass is 28.2. The zero-order valence-electron chi connectivity index (χ0n) is 13.9. The molecule has 5 heteroatoms. The third-order valence-corrected chi connectivity index (χ3v) is 6.12. The van der Waals surface area contributed by atoms with E-state index in [1.807, 2.05) is 0 Å². The average Bonchev–Trinajstić information content (AvgIpc) is 3.20. The zero-order valence-corrected chi connectivity index (χ0v) is 15.3. The first-order chi connectivity index (χ1) is 10.3. The van der Waals surface area contributed by atoms with Crippen molar-refractivity contribution in [2.24, 2.45) is 0 Å². The first-order valence-corrected chi connectivity index (χ1v) is 10.5. The van der Waals surface area contributed by atoms with E-state index in [4.69, 9.17) is 13.9 Å². The fourth-order valence-electron chi connectivity index (χ4n) is 3.29. The number of hydrogen-bond donors (Lipinski definition) is 0. The summed E-state index contributed by atoms with van der Waals surface area (Å²) in [6.07, 6.45) is 9.37. The quantitative estimate of drug-likeness (QED) is 0.458. The molecule has 2 aliphatic heterocycles. The van der Waals surface area contributed by atoms with Crippen LogP contribution in [0.4, 0.5) is 0 Å². The summed E-state index contributed by atoms with van der Waals surface area (Å²) in [5.74, 6) is 0. The molecule has 0 bridgehead atoms. The minimum Gasteiger partial charge on any atom is -0.421 e. The van der Waals surface area contributed by atoms with Crippen LogP contribution in [0.15, 0.2) is 0 Å². The van der Waals surface area contributed by atoms with Crippen LogP contribution in [-0.4, -0.2) is 53.0 Å². The van der Waals surface area contributed by atoms with Crippen molar-refractivity contribution in [3.8, 4) is 0 Å². The van der Waals surface area contributed by atoms with Gasteiger partial charge in [0.2, 0.25) is 0 Å². The van der Waals surface area contributed by atoms with Crippen LogP contribution in [0.2, 0.25) is 6.04 Å². The van der Waals surface area contributed by atoms with Crippen LogP contribution in [0.25, 0.3) is 0 Å². The maximum atomic E-state index is 6.03. The van der Waals surface area contributed by atoms with Gasteiger partial charge in [0.25, 0.3) is 0 Å². The van der Waals surface area contributed by atoms with Crippen LogP contribution in [0.5, 0.6) is 0 Å². The summed E-state index contributed by atoms with van der Waals surface area (Å²) in [4.78, 5) is 2.48. The molecule has 21 heavy (non-hydrogen) atoms. The van der Waals surface area contributed by atoms with Crippen molar-refractivity contribution in [1.29, 1.82) is 0 Å². The van der Waals surface area contributed by atoms with Crippen molar-refractivity contribution in [2.45, 2.75) is 83.4 Å². The van der Waals surface area contributed by atoms with Crippen molar-refractivity contribution in [3.05, 3.63) is 0 Å². The maximum Gasteiger partial charge on any atom is 0.162 e. The van der Waals surface area contributed by atoms with E-state index >= 15 is 0 Å². The third-order valence-electron chi connectivity index (χ3n) is 4.63. The van der Waals surface area contributed by atoms with Gasteiger partial charge in [-0.05, 0) is 51.0 Å². The van der Waals surface area contributed by atoms with Crippen LogP contribution < -0.4 is 0 Å². The highest BCUT2D eigenvalue weighted by Gasteiger charge is 2.31. The molecule has 2 saturated heterocycles. The van der Waals surface area contributed by atoms with E-state index in [9.17, 15) is 0 Å². The van der Waals surface area contributed by atoms with Gasteiger partial charge < -0.3 is 13.9 Å². The molecule has 0 aromatic carbocycles. The molecule has 124 valence electrons. The number of nitrogens with zero attached hydrogens (tertiary/aromatic N) is 1. The SMILES string of the molecule is CCC(CC)O[SiH2]CCCN(C1CCCO1)C1CCCO1. The molecule has 2 unspecified atom stereocenters. The van der Waals surface area contributed by atoms with Gasteiger partial charge in [-0.3, -0.25) is 4.90 Å². The van der Waals surface area contributed by atoms with E-state index in [-0.39, 0.29) is 9.76 Å². The molecule has 2 atom stereocenters. The number of hydrogen-bond acceptors (Lipinski definition) is 4. The first kappa shape index (κ1) is 17.4. The highest BCUT2D eigenvalue weighted by molar-refractivity contribution is 6.27. The molecule has 0 aromatic heterocycles. The lowest BCUT2D eigenvalue weighted by atomic mass is 10.2. The van der Waals surface area contributed by atoms with Crippen LogP contribution >= 0.6 is 0 Å². The first-order valence-electron chi connectivity index (χ1n) is 8.95. The Kier molecular flexibility index (Phi) is 8.25. The number of rotatable bonds is 10. The van der Waals surface area contributed by atoms with Crippen molar-refractivity contribution in [3.63, 3.8) is 0 Å². The molecule has 4 nitrogen and oxygen atoms in total. The minimum absolute atomic E-state index is 0.301. The van der Waals surface area contributed by atoms with Gasteiger partial charge in [0.05, 0.1) is 0 Å². The average molecular weight is 316 g/mol. The van der Waals surface area contributed by atoms with E-state index in [1.54, 1.807) is 0 Å². The summed E-state index contributed by atoms with van der Waals surface area (Å²) in [7, 11) is -0.352. The standard InChI is InChI=1S/C16H33NO3Si/c1-3-14(4-2)20-21-13-7-10-17(15-8-5-11-18-15)16-9-6-12-19-16/h14-16H,3-13,21H2,1-2H3. The van der Waals surface area contributed by atoms with Crippen molar-refractivity contribution in [2.75, 3.05) is 19.8 Å². The fourth-order valence-corrected chi connectivity index (χ4v) is 4.69. The molecular weight excluding hydrogens is 282 g/mol. The van der Waals surface area contributed by atoms with Gasteiger partial charge in [0.15, 0.2) is 9.76 Å². The Bertz CT molecular complexity index is 248. The predicted molar refractivity (Wildman–Crippen MR) is 88.1 cm³/mol. The summed E-state index contributed by atoms with van der Waals surface area (Å²) in [6.45, 7) is 7.38. The van der Waals surface area contributed by atoms with E-state index in [0.717, 1.165) is 32.6 Å². The van der Waals surface area contributed by atoms with Gasteiger partial charge >= 0.3 is 0 Å². The van der Waals surface area contributed by atoms with Gasteiger partial charge in [-0.25, -0.2) is 0 Å². The second kappa shape index (κ2) is 9.95. The smallest absolute Gasteiger partial charge is 0.162 e. The number of ether oxygens (including phenoxy) is 2. The second-order valence-electron chi connectivity index (χ2n) is 6.19. The molecule has 0 N–H and O–H groups in total. The van der Waals surface area contributed by atoms with Gasteiger partial charge in [-0.15, -0.1) is 0 Å². The fraction of sp³-hybridized carbons (Fsp3) is 1.00. The summed E-state index contributed by atoms with van der Waals surface area (Å²) in [5, 5.41) is 0. The Balaban J connectivity index is 1.66. The molecule has 0 spiro atoms. The molecule has 0 radical (unpaired) electrons. The molecule has 0 saturated carbocycles.